The van der Waals surface area contributed by atoms with Gasteiger partial charge in [0.1, 0.15) is 7.85 Å². The largest absolute Gasteiger partial charge is 0.308 e. The number of nitrogens with one attached hydrogen (secondary N) is 1. The lowest BCUT2D eigenvalue weighted by Gasteiger charge is -2.34. The average molecular weight is 229 g/mol. The summed E-state index contributed by atoms with van der Waals surface area (Å²) in [6.45, 7) is 9.63. The minimum atomic E-state index is -1.05. The number of hydrogen-bond donors (Lipinski definition) is 1. The number of benzene rings is 1. The van der Waals surface area contributed by atoms with Crippen molar-refractivity contribution < 1.29 is 4.79 Å². The predicted octanol–water partition coefficient (Wildman–Crippen LogP) is 2.45. The maximum Gasteiger partial charge on any atom is 0.173 e. The van der Waals surface area contributed by atoms with Crippen LogP contribution in [0.5, 0.6) is 0 Å². The van der Waals surface area contributed by atoms with Crippen molar-refractivity contribution in [1.29, 1.82) is 0 Å². The van der Waals surface area contributed by atoms with E-state index in [0.717, 1.165) is 5.56 Å². The summed E-state index contributed by atoms with van der Waals surface area (Å²) in [7, 11) is 6.07. The summed E-state index contributed by atoms with van der Waals surface area (Å²) in [6, 6.07) is 7.49. The SMILES string of the molecule is [B][C@](C)(NC(C)(C)C)C(=O)c1cccc(C)c1. The second kappa shape index (κ2) is 4.65. The van der Waals surface area contributed by atoms with E-state index < -0.39 is 5.44 Å². The molecular formula is C14H20BNO. The smallest absolute Gasteiger partial charge is 0.173 e. The molecule has 17 heavy (non-hydrogen) atoms. The molecule has 90 valence electrons. The van der Waals surface area contributed by atoms with E-state index in [2.05, 4.69) is 5.32 Å². The highest BCUT2D eigenvalue weighted by Gasteiger charge is 2.31. The third-order valence-corrected chi connectivity index (χ3v) is 2.39. The van der Waals surface area contributed by atoms with Gasteiger partial charge in [0.2, 0.25) is 0 Å². The Morgan fingerprint density at radius 2 is 1.82 bits per heavy atom. The molecular weight excluding hydrogens is 209 g/mol. The van der Waals surface area contributed by atoms with Gasteiger partial charge in [-0.25, -0.2) is 0 Å². The number of rotatable bonds is 3. The summed E-state index contributed by atoms with van der Waals surface area (Å²) >= 11 is 0. The van der Waals surface area contributed by atoms with Gasteiger partial charge in [0, 0.05) is 16.5 Å². The first-order valence-corrected chi connectivity index (χ1v) is 5.81. The zero-order valence-corrected chi connectivity index (χ0v) is 11.3. The van der Waals surface area contributed by atoms with E-state index in [1.807, 2.05) is 45.9 Å². The summed E-state index contributed by atoms with van der Waals surface area (Å²) in [4.78, 5) is 12.3. The number of ketones is 1. The Morgan fingerprint density at radius 1 is 1.24 bits per heavy atom. The number of aryl methyl sites for hydroxylation is 1. The van der Waals surface area contributed by atoms with Crippen molar-refractivity contribution >= 4 is 13.6 Å². The highest BCUT2D eigenvalue weighted by atomic mass is 16.1. The van der Waals surface area contributed by atoms with Gasteiger partial charge in [0.25, 0.3) is 0 Å². The van der Waals surface area contributed by atoms with Crippen LogP contribution in [0.25, 0.3) is 0 Å². The Morgan fingerprint density at radius 3 is 2.29 bits per heavy atom. The van der Waals surface area contributed by atoms with Gasteiger partial charge in [0.15, 0.2) is 5.78 Å². The lowest BCUT2D eigenvalue weighted by molar-refractivity contribution is 0.0907. The molecule has 3 heteroatoms. The van der Waals surface area contributed by atoms with Gasteiger partial charge < -0.3 is 5.32 Å². The topological polar surface area (TPSA) is 29.1 Å². The molecule has 1 aromatic carbocycles. The summed E-state index contributed by atoms with van der Waals surface area (Å²) < 4.78 is 0. The second-order valence-corrected chi connectivity index (χ2v) is 5.78. The molecule has 0 unspecified atom stereocenters. The molecule has 1 N–H and O–H groups in total. The Labute approximate surface area is 105 Å². The molecule has 2 nitrogen and oxygen atoms in total. The predicted molar refractivity (Wildman–Crippen MR) is 72.6 cm³/mol. The Kier molecular flexibility index (Phi) is 3.83. The molecule has 0 fully saturated rings. The molecule has 0 spiro atoms. The van der Waals surface area contributed by atoms with Gasteiger partial charge in [-0.1, -0.05) is 23.8 Å². The van der Waals surface area contributed by atoms with Crippen LogP contribution in [-0.4, -0.2) is 24.6 Å². The van der Waals surface area contributed by atoms with E-state index in [1.165, 1.54) is 0 Å². The summed E-state index contributed by atoms with van der Waals surface area (Å²) in [5.41, 5.74) is 0.448. The minimum Gasteiger partial charge on any atom is -0.308 e. The normalized spacial score (nSPS) is 15.4. The highest BCUT2D eigenvalue weighted by Crippen LogP contribution is 2.15. The molecule has 0 amide bonds. The monoisotopic (exact) mass is 229 g/mol. The van der Waals surface area contributed by atoms with E-state index in [4.69, 9.17) is 7.85 Å². The fourth-order valence-electron chi connectivity index (χ4n) is 1.92. The fraction of sp³-hybridized carbons (Fsp3) is 0.500. The van der Waals surface area contributed by atoms with Gasteiger partial charge in [-0.3, -0.25) is 4.79 Å². The minimum absolute atomic E-state index is 0.0869. The van der Waals surface area contributed by atoms with Crippen molar-refractivity contribution in [2.75, 3.05) is 0 Å². The maximum absolute atomic E-state index is 12.3. The lowest BCUT2D eigenvalue weighted by Crippen LogP contribution is -2.57. The highest BCUT2D eigenvalue weighted by molar-refractivity contribution is 6.32. The third-order valence-electron chi connectivity index (χ3n) is 2.39. The van der Waals surface area contributed by atoms with Crippen molar-refractivity contribution in [2.24, 2.45) is 0 Å². The molecule has 0 saturated heterocycles. The van der Waals surface area contributed by atoms with E-state index >= 15 is 0 Å². The van der Waals surface area contributed by atoms with Crippen molar-refractivity contribution in [3.63, 3.8) is 0 Å². The summed E-state index contributed by atoms with van der Waals surface area (Å²) in [6.07, 6.45) is 0. The van der Waals surface area contributed by atoms with E-state index in [0.29, 0.717) is 5.56 Å². The average Bonchev–Trinajstić information content (AvgIpc) is 2.12. The summed E-state index contributed by atoms with van der Waals surface area (Å²) in [5, 5.41) is 3.14. The van der Waals surface area contributed by atoms with Crippen LogP contribution >= 0.6 is 0 Å². The van der Waals surface area contributed by atoms with Gasteiger partial charge in [0.05, 0.1) is 0 Å². The van der Waals surface area contributed by atoms with Crippen LogP contribution < -0.4 is 5.32 Å². The van der Waals surface area contributed by atoms with Gasteiger partial charge in [-0.15, -0.1) is 0 Å². The number of carbonyl (C=O) groups is 1. The molecule has 0 aliphatic heterocycles. The molecule has 0 bridgehead atoms. The molecule has 0 aliphatic rings. The van der Waals surface area contributed by atoms with Crippen molar-refractivity contribution in [1.82, 2.24) is 5.32 Å². The van der Waals surface area contributed by atoms with Gasteiger partial charge >= 0.3 is 0 Å². The number of hydrogen-bond acceptors (Lipinski definition) is 2. The lowest BCUT2D eigenvalue weighted by atomic mass is 9.72. The number of Topliss-reactive ketones (excluding diaryl/α,β-unsaturated/α-hetero) is 1. The Balaban J connectivity index is 2.96. The van der Waals surface area contributed by atoms with Crippen LogP contribution in [0, 0.1) is 6.92 Å². The van der Waals surface area contributed by atoms with Crippen LogP contribution in [-0.2, 0) is 0 Å². The number of carbonyl (C=O) groups excluding carboxylic acids is 1. The molecule has 1 rings (SSSR count). The fourth-order valence-corrected chi connectivity index (χ4v) is 1.92. The van der Waals surface area contributed by atoms with Crippen LogP contribution in [0.1, 0.15) is 43.6 Å². The van der Waals surface area contributed by atoms with E-state index in [-0.39, 0.29) is 11.3 Å². The third kappa shape index (κ3) is 4.01. The zero-order chi connectivity index (χ0) is 13.3. The van der Waals surface area contributed by atoms with E-state index in [1.54, 1.807) is 13.0 Å². The maximum atomic E-state index is 12.3. The van der Waals surface area contributed by atoms with Gasteiger partial charge in [-0.2, -0.15) is 0 Å². The van der Waals surface area contributed by atoms with Crippen molar-refractivity contribution in [3.05, 3.63) is 35.4 Å². The molecule has 1 aromatic rings. The zero-order valence-electron chi connectivity index (χ0n) is 11.3. The standard InChI is InChI=1S/C14H20BNO/c1-10-7-6-8-11(9-10)12(17)14(5,15)16-13(2,3)4/h6-9,16H,1-5H3/t14-/m1/s1. The molecule has 1 atom stereocenters. The second-order valence-electron chi connectivity index (χ2n) is 5.78. The molecule has 0 aliphatic carbocycles. The molecule has 0 aromatic heterocycles. The first-order chi connectivity index (χ1) is 7.62. The van der Waals surface area contributed by atoms with Crippen molar-refractivity contribution in [2.45, 2.75) is 45.6 Å². The first-order valence-electron chi connectivity index (χ1n) is 5.81. The quantitative estimate of drug-likeness (QED) is 0.637. The van der Waals surface area contributed by atoms with E-state index in [9.17, 15) is 4.79 Å². The van der Waals surface area contributed by atoms with Crippen LogP contribution in [0.2, 0.25) is 0 Å². The Bertz CT molecular complexity index is 418. The van der Waals surface area contributed by atoms with Crippen molar-refractivity contribution in [3.8, 4) is 0 Å². The molecule has 0 heterocycles. The van der Waals surface area contributed by atoms with Crippen LogP contribution in [0.4, 0.5) is 0 Å². The van der Waals surface area contributed by atoms with Gasteiger partial charge in [-0.05, 0) is 40.7 Å². The van der Waals surface area contributed by atoms with Crippen LogP contribution in [0.3, 0.4) is 0 Å². The van der Waals surface area contributed by atoms with Crippen LogP contribution in [0.15, 0.2) is 24.3 Å². The molecule has 2 radical (unpaired) electrons. The first kappa shape index (κ1) is 14.0. The Hall–Kier alpha value is -1.09. The molecule has 0 saturated carbocycles. The summed E-state index contributed by atoms with van der Waals surface area (Å²) in [5.74, 6) is -0.0869.